The van der Waals surface area contributed by atoms with Crippen molar-refractivity contribution in [2.24, 2.45) is 0 Å². The number of nitrogens with one attached hydrogen (secondary N) is 2. The van der Waals surface area contributed by atoms with Gasteiger partial charge in [-0.05, 0) is 20.3 Å². The molecular formula is C8H16N2O6S. The van der Waals surface area contributed by atoms with Gasteiger partial charge in [0.15, 0.2) is 0 Å². The largest absolute Gasteiger partial charge is 0.480 e. The molecule has 1 amide bonds. The Morgan fingerprint density at radius 3 is 2.24 bits per heavy atom. The second-order valence-electron chi connectivity index (χ2n) is 3.48. The van der Waals surface area contributed by atoms with E-state index in [0.29, 0.717) is 0 Å². The number of ether oxygens (including phenoxy) is 1. The van der Waals surface area contributed by atoms with Crippen molar-refractivity contribution in [3.8, 4) is 0 Å². The minimum Gasteiger partial charge on any atom is -0.480 e. The monoisotopic (exact) mass is 268 g/mol. The number of carboxylic acids is 1. The molecule has 0 saturated carbocycles. The summed E-state index contributed by atoms with van der Waals surface area (Å²) >= 11 is 0. The highest BCUT2D eigenvalue weighted by Crippen LogP contribution is 1.95. The van der Waals surface area contributed by atoms with Gasteiger partial charge in [0.05, 0.1) is 6.10 Å². The lowest BCUT2D eigenvalue weighted by Gasteiger charge is -2.14. The first kappa shape index (κ1) is 15.7. The van der Waals surface area contributed by atoms with Crippen LogP contribution >= 0.6 is 0 Å². The minimum absolute atomic E-state index is 0.0511. The minimum atomic E-state index is -4.24. The summed E-state index contributed by atoms with van der Waals surface area (Å²) in [4.78, 5) is 21.6. The third kappa shape index (κ3) is 6.74. The van der Waals surface area contributed by atoms with Crippen LogP contribution < -0.4 is 9.44 Å². The maximum atomic E-state index is 11.3. The zero-order chi connectivity index (χ0) is 13.6. The molecule has 1 atom stereocenters. The van der Waals surface area contributed by atoms with E-state index in [1.54, 1.807) is 18.6 Å². The van der Waals surface area contributed by atoms with Gasteiger partial charge in [0, 0.05) is 0 Å². The molecule has 8 nitrogen and oxygen atoms in total. The third-order valence-corrected chi connectivity index (χ3v) is 2.59. The molecule has 0 aromatic heterocycles. The Balaban J connectivity index is 4.49. The molecule has 0 spiro atoms. The summed E-state index contributed by atoms with van der Waals surface area (Å²) in [5.41, 5.74) is 0. The van der Waals surface area contributed by atoms with Gasteiger partial charge in [-0.3, -0.25) is 4.79 Å². The van der Waals surface area contributed by atoms with E-state index >= 15 is 0 Å². The Morgan fingerprint density at radius 2 is 1.88 bits per heavy atom. The van der Waals surface area contributed by atoms with E-state index < -0.39 is 34.4 Å². The van der Waals surface area contributed by atoms with Gasteiger partial charge in [0.1, 0.15) is 6.04 Å². The van der Waals surface area contributed by atoms with E-state index in [0.717, 1.165) is 0 Å². The molecule has 3 N–H and O–H groups in total. The van der Waals surface area contributed by atoms with E-state index in [1.165, 1.54) is 6.92 Å². The van der Waals surface area contributed by atoms with Gasteiger partial charge in [0.2, 0.25) is 0 Å². The van der Waals surface area contributed by atoms with Crippen molar-refractivity contribution in [3.05, 3.63) is 0 Å². The van der Waals surface area contributed by atoms with Crippen molar-refractivity contribution in [1.82, 2.24) is 9.44 Å². The fraction of sp³-hybridized carbons (Fsp3) is 0.750. The number of carboxylic acid groups (broad SMARTS) is 1. The van der Waals surface area contributed by atoms with Gasteiger partial charge in [-0.25, -0.2) is 9.52 Å². The average Bonchev–Trinajstić information content (AvgIpc) is 2.11. The van der Waals surface area contributed by atoms with Crippen LogP contribution in [-0.2, 0) is 19.7 Å². The van der Waals surface area contributed by atoms with E-state index in [1.807, 2.05) is 4.72 Å². The SMILES string of the molecule is CC[C@H](NS(=O)(=O)NC(=O)OC(C)C)C(=O)O. The highest BCUT2D eigenvalue weighted by Gasteiger charge is 2.24. The quantitative estimate of drug-likeness (QED) is 0.614. The number of hydrogen-bond donors (Lipinski definition) is 3. The molecule has 0 aliphatic carbocycles. The zero-order valence-electron chi connectivity index (χ0n) is 9.76. The van der Waals surface area contributed by atoms with Crippen LogP contribution in [0.15, 0.2) is 0 Å². The lowest BCUT2D eigenvalue weighted by molar-refractivity contribution is -0.139. The van der Waals surface area contributed by atoms with Crippen LogP contribution in [0.2, 0.25) is 0 Å². The van der Waals surface area contributed by atoms with Gasteiger partial charge in [-0.1, -0.05) is 6.92 Å². The number of carbonyl (C=O) groups is 2. The van der Waals surface area contributed by atoms with Crippen LogP contribution in [-0.4, -0.2) is 37.7 Å². The number of rotatable bonds is 6. The molecule has 17 heavy (non-hydrogen) atoms. The normalized spacial score (nSPS) is 13.2. The zero-order valence-corrected chi connectivity index (χ0v) is 10.6. The number of amides is 1. The highest BCUT2D eigenvalue weighted by molar-refractivity contribution is 7.88. The van der Waals surface area contributed by atoms with Crippen LogP contribution in [0.5, 0.6) is 0 Å². The molecule has 100 valence electrons. The molecule has 0 aromatic carbocycles. The molecule has 9 heteroatoms. The van der Waals surface area contributed by atoms with Crippen LogP contribution in [0.1, 0.15) is 27.2 Å². The Morgan fingerprint density at radius 1 is 1.35 bits per heavy atom. The average molecular weight is 268 g/mol. The molecule has 0 radical (unpaired) electrons. The Hall–Kier alpha value is -1.35. The van der Waals surface area contributed by atoms with Gasteiger partial charge in [-0.2, -0.15) is 13.1 Å². The summed E-state index contributed by atoms with van der Waals surface area (Å²) in [6.45, 7) is 4.59. The second kappa shape index (κ2) is 6.40. The maximum Gasteiger partial charge on any atom is 0.422 e. The predicted octanol–water partition coefficient (Wildman–Crippen LogP) is -0.181. The molecule has 0 saturated heterocycles. The molecule has 0 rings (SSSR count). The summed E-state index contributed by atoms with van der Waals surface area (Å²) in [5.74, 6) is -1.32. The van der Waals surface area contributed by atoms with Crippen LogP contribution in [0.25, 0.3) is 0 Å². The predicted molar refractivity (Wildman–Crippen MR) is 58.5 cm³/mol. The fourth-order valence-corrected chi connectivity index (χ4v) is 1.84. The summed E-state index contributed by atoms with van der Waals surface area (Å²) in [6.07, 6.45) is -1.59. The van der Waals surface area contributed by atoms with Crippen LogP contribution in [0, 0.1) is 0 Å². The summed E-state index contributed by atoms with van der Waals surface area (Å²) < 4.78 is 30.5. The number of hydrogen-bond acceptors (Lipinski definition) is 5. The van der Waals surface area contributed by atoms with E-state index in [4.69, 9.17) is 5.11 Å². The molecule has 0 aromatic rings. The first-order chi connectivity index (χ1) is 7.68. The topological polar surface area (TPSA) is 122 Å². The molecule has 0 aliphatic rings. The molecule has 0 bridgehead atoms. The Bertz CT molecular complexity index is 377. The Kier molecular flexibility index (Phi) is 5.89. The van der Waals surface area contributed by atoms with Gasteiger partial charge < -0.3 is 9.84 Å². The van der Waals surface area contributed by atoms with E-state index in [2.05, 4.69) is 4.74 Å². The smallest absolute Gasteiger partial charge is 0.422 e. The van der Waals surface area contributed by atoms with E-state index in [9.17, 15) is 18.0 Å². The number of carbonyl (C=O) groups excluding carboxylic acids is 1. The van der Waals surface area contributed by atoms with Crippen molar-refractivity contribution in [3.63, 3.8) is 0 Å². The molecule has 0 fully saturated rings. The van der Waals surface area contributed by atoms with Crippen molar-refractivity contribution >= 4 is 22.3 Å². The van der Waals surface area contributed by atoms with E-state index in [-0.39, 0.29) is 6.42 Å². The molecule has 0 heterocycles. The second-order valence-corrected chi connectivity index (χ2v) is 4.92. The highest BCUT2D eigenvalue weighted by atomic mass is 32.2. The van der Waals surface area contributed by atoms with Gasteiger partial charge in [-0.15, -0.1) is 0 Å². The first-order valence-electron chi connectivity index (χ1n) is 4.91. The Labute approximate surface area is 99.5 Å². The standard InChI is InChI=1S/C8H16N2O6S/c1-4-6(7(11)12)9-17(14,15)10-8(13)16-5(2)3/h5-6,9H,4H2,1-3H3,(H,10,13)(H,11,12)/t6-/m0/s1. The van der Waals surface area contributed by atoms with Crippen molar-refractivity contribution in [2.75, 3.05) is 0 Å². The molecule has 0 aliphatic heterocycles. The lowest BCUT2D eigenvalue weighted by Crippen LogP contribution is -2.48. The summed E-state index contributed by atoms with van der Waals surface area (Å²) in [6, 6.07) is -1.29. The molecule has 0 unspecified atom stereocenters. The van der Waals surface area contributed by atoms with Crippen LogP contribution in [0.4, 0.5) is 4.79 Å². The summed E-state index contributed by atoms with van der Waals surface area (Å²) in [7, 11) is -4.24. The lowest BCUT2D eigenvalue weighted by atomic mass is 10.2. The maximum absolute atomic E-state index is 11.3. The van der Waals surface area contributed by atoms with Crippen molar-refractivity contribution in [1.29, 1.82) is 0 Å². The van der Waals surface area contributed by atoms with Gasteiger partial charge >= 0.3 is 22.3 Å². The summed E-state index contributed by atoms with van der Waals surface area (Å²) in [5, 5.41) is 8.65. The van der Waals surface area contributed by atoms with Crippen molar-refractivity contribution in [2.45, 2.75) is 39.3 Å². The van der Waals surface area contributed by atoms with Crippen molar-refractivity contribution < 1.29 is 27.9 Å². The third-order valence-electron chi connectivity index (χ3n) is 1.56. The number of aliphatic carboxylic acids is 1. The fourth-order valence-electron chi connectivity index (χ4n) is 0.873. The first-order valence-corrected chi connectivity index (χ1v) is 6.39. The molecular weight excluding hydrogens is 252 g/mol. The van der Waals surface area contributed by atoms with Gasteiger partial charge in [0.25, 0.3) is 0 Å². The van der Waals surface area contributed by atoms with Crippen LogP contribution in [0.3, 0.4) is 0 Å².